The quantitative estimate of drug-likeness (QED) is 0.485. The van der Waals surface area contributed by atoms with Gasteiger partial charge in [0.05, 0.1) is 7.11 Å². The number of methoxy groups -OCH3 is 1. The van der Waals surface area contributed by atoms with Gasteiger partial charge in [-0.25, -0.2) is 4.98 Å². The number of pyridine rings is 1. The van der Waals surface area contributed by atoms with Crippen LogP contribution in [0.2, 0.25) is 0 Å². The van der Waals surface area contributed by atoms with Crippen molar-refractivity contribution in [1.82, 2.24) is 14.5 Å². The third kappa shape index (κ3) is 2.79. The zero-order chi connectivity index (χ0) is 18.1. The second-order valence-corrected chi connectivity index (χ2v) is 6.62. The van der Waals surface area contributed by atoms with Crippen LogP contribution in [0.4, 0.5) is 5.69 Å². The summed E-state index contributed by atoms with van der Waals surface area (Å²) >= 11 is 0. The largest absolute Gasteiger partial charge is 0.497 e. The van der Waals surface area contributed by atoms with Crippen molar-refractivity contribution in [3.05, 3.63) is 42.7 Å². The smallest absolute Gasteiger partial charge is 0.139 e. The highest BCUT2D eigenvalue weighted by atomic mass is 16.5. The molecule has 1 aromatic carbocycles. The van der Waals surface area contributed by atoms with E-state index in [1.807, 2.05) is 18.3 Å². The number of unbranched alkanes of at least 4 members (excludes halogenated alkanes) is 1. The highest BCUT2D eigenvalue weighted by Crippen LogP contribution is 2.35. The second kappa shape index (κ2) is 6.75. The summed E-state index contributed by atoms with van der Waals surface area (Å²) in [6.07, 6.45) is 6.34. The summed E-state index contributed by atoms with van der Waals surface area (Å²) in [6, 6.07) is 10.4. The molecule has 0 radical (unpaired) electrons. The minimum atomic E-state index is 0.862. The van der Waals surface area contributed by atoms with Gasteiger partial charge in [-0.3, -0.25) is 0 Å². The van der Waals surface area contributed by atoms with Crippen molar-refractivity contribution in [2.75, 3.05) is 19.0 Å². The fraction of sp³-hybridized carbons (Fsp3) is 0.286. The normalized spacial score (nSPS) is 11.3. The van der Waals surface area contributed by atoms with Gasteiger partial charge in [-0.05, 0) is 36.8 Å². The van der Waals surface area contributed by atoms with Gasteiger partial charge in [-0.2, -0.15) is 0 Å². The van der Waals surface area contributed by atoms with Crippen molar-refractivity contribution in [3.63, 3.8) is 0 Å². The molecule has 0 saturated carbocycles. The number of aryl methyl sites for hydroxylation is 1. The lowest BCUT2D eigenvalue weighted by atomic mass is 10.1. The van der Waals surface area contributed by atoms with E-state index in [-0.39, 0.29) is 0 Å². The van der Waals surface area contributed by atoms with Crippen LogP contribution in [0.5, 0.6) is 5.75 Å². The van der Waals surface area contributed by atoms with E-state index >= 15 is 0 Å². The van der Waals surface area contributed by atoms with Crippen LogP contribution in [0.15, 0.2) is 42.7 Å². The molecule has 0 saturated heterocycles. The second-order valence-electron chi connectivity index (χ2n) is 6.62. The monoisotopic (exact) mass is 348 g/mol. The van der Waals surface area contributed by atoms with E-state index in [0.717, 1.165) is 46.7 Å². The topological polar surface area (TPSA) is 54.9 Å². The maximum atomic E-state index is 5.41. The van der Waals surface area contributed by atoms with Gasteiger partial charge < -0.3 is 19.6 Å². The van der Waals surface area contributed by atoms with Crippen molar-refractivity contribution in [1.29, 1.82) is 0 Å². The Bertz CT molecular complexity index is 1060. The highest BCUT2D eigenvalue weighted by molar-refractivity contribution is 6.00. The lowest BCUT2D eigenvalue weighted by Gasteiger charge is -2.05. The number of fused-ring (bicyclic) bond motifs is 2. The molecule has 0 atom stereocenters. The van der Waals surface area contributed by atoms with E-state index in [1.54, 1.807) is 7.11 Å². The number of nitrogens with zero attached hydrogens (tertiary/aromatic N) is 2. The van der Waals surface area contributed by atoms with Gasteiger partial charge >= 0.3 is 0 Å². The van der Waals surface area contributed by atoms with Crippen molar-refractivity contribution >= 4 is 27.6 Å². The van der Waals surface area contributed by atoms with Crippen LogP contribution in [0, 0.1) is 0 Å². The number of ether oxygens (including phenoxy) is 1. The minimum absolute atomic E-state index is 0.862. The van der Waals surface area contributed by atoms with E-state index in [1.165, 1.54) is 17.3 Å². The molecule has 0 fully saturated rings. The molecule has 0 spiro atoms. The average Bonchev–Trinajstić information content (AvgIpc) is 3.23. The molecule has 0 amide bonds. The molecule has 26 heavy (non-hydrogen) atoms. The van der Waals surface area contributed by atoms with Crippen LogP contribution in [0.3, 0.4) is 0 Å². The number of hydrogen-bond acceptors (Lipinski definition) is 3. The Kier molecular flexibility index (Phi) is 4.29. The summed E-state index contributed by atoms with van der Waals surface area (Å²) in [5.74, 6) is 0.862. The fourth-order valence-electron chi connectivity index (χ4n) is 3.44. The molecule has 5 heteroatoms. The third-order valence-corrected chi connectivity index (χ3v) is 4.86. The standard InChI is InChI=1S/C21H24N4O/c1-4-5-9-22-18-8-10-23-21-16(18)12-19(24-21)17-13-25(2)20-7-6-14(26-3)11-15(17)20/h6-8,10-13H,4-5,9H2,1-3H3,(H2,22,23,24). The maximum absolute atomic E-state index is 5.41. The summed E-state index contributed by atoms with van der Waals surface area (Å²) in [6.45, 7) is 3.18. The van der Waals surface area contributed by atoms with Crippen molar-refractivity contribution in [3.8, 4) is 17.0 Å². The van der Waals surface area contributed by atoms with Crippen LogP contribution in [0.25, 0.3) is 33.2 Å². The predicted octanol–water partition coefficient (Wildman–Crippen LogP) is 4.94. The lowest BCUT2D eigenvalue weighted by molar-refractivity contribution is 0.415. The highest BCUT2D eigenvalue weighted by Gasteiger charge is 2.14. The Morgan fingerprint density at radius 3 is 2.88 bits per heavy atom. The third-order valence-electron chi connectivity index (χ3n) is 4.86. The van der Waals surface area contributed by atoms with E-state index < -0.39 is 0 Å². The zero-order valence-electron chi connectivity index (χ0n) is 15.5. The first-order chi connectivity index (χ1) is 12.7. The Morgan fingerprint density at radius 2 is 2.08 bits per heavy atom. The number of aromatic amines is 1. The SMILES string of the molecule is CCCCNc1ccnc2[nH]c(-c3cn(C)c4ccc(OC)cc34)cc12. The van der Waals surface area contributed by atoms with Gasteiger partial charge in [-0.1, -0.05) is 13.3 Å². The van der Waals surface area contributed by atoms with Gasteiger partial charge in [0.1, 0.15) is 11.4 Å². The molecule has 3 heterocycles. The molecule has 4 aromatic rings. The Labute approximate surface area is 153 Å². The fourth-order valence-corrected chi connectivity index (χ4v) is 3.44. The predicted molar refractivity (Wildman–Crippen MR) is 108 cm³/mol. The van der Waals surface area contributed by atoms with Gasteiger partial charge in [-0.15, -0.1) is 0 Å². The minimum Gasteiger partial charge on any atom is -0.497 e. The summed E-state index contributed by atoms with van der Waals surface area (Å²) in [7, 11) is 3.77. The van der Waals surface area contributed by atoms with E-state index in [9.17, 15) is 0 Å². The van der Waals surface area contributed by atoms with Gasteiger partial charge in [0, 0.05) is 59.2 Å². The first-order valence-electron chi connectivity index (χ1n) is 9.06. The summed E-state index contributed by atoms with van der Waals surface area (Å²) < 4.78 is 7.56. The number of H-pyrrole nitrogens is 1. The van der Waals surface area contributed by atoms with Gasteiger partial charge in [0.25, 0.3) is 0 Å². The van der Waals surface area contributed by atoms with Crippen molar-refractivity contribution in [2.24, 2.45) is 7.05 Å². The van der Waals surface area contributed by atoms with Crippen LogP contribution in [-0.4, -0.2) is 28.2 Å². The molecule has 0 aliphatic rings. The molecule has 0 aliphatic heterocycles. The first kappa shape index (κ1) is 16.5. The van der Waals surface area contributed by atoms with Gasteiger partial charge in [0.2, 0.25) is 0 Å². The summed E-state index contributed by atoms with van der Waals surface area (Å²) in [5, 5.41) is 5.82. The maximum Gasteiger partial charge on any atom is 0.139 e. The van der Waals surface area contributed by atoms with Crippen molar-refractivity contribution in [2.45, 2.75) is 19.8 Å². The summed E-state index contributed by atoms with van der Waals surface area (Å²) in [5.41, 5.74) is 5.42. The van der Waals surface area contributed by atoms with Crippen LogP contribution < -0.4 is 10.1 Å². The lowest BCUT2D eigenvalue weighted by Crippen LogP contribution is -2.01. The van der Waals surface area contributed by atoms with Crippen LogP contribution >= 0.6 is 0 Å². The van der Waals surface area contributed by atoms with Gasteiger partial charge in [0.15, 0.2) is 0 Å². The molecule has 0 unspecified atom stereocenters. The zero-order valence-corrected chi connectivity index (χ0v) is 15.5. The Balaban J connectivity index is 1.82. The van der Waals surface area contributed by atoms with Crippen LogP contribution in [0.1, 0.15) is 19.8 Å². The molecule has 2 N–H and O–H groups in total. The number of aromatic nitrogens is 3. The molecule has 4 rings (SSSR count). The Hall–Kier alpha value is -2.95. The molecule has 0 aliphatic carbocycles. The van der Waals surface area contributed by atoms with E-state index in [2.05, 4.69) is 58.2 Å². The molecular formula is C21H24N4O. The molecule has 5 nitrogen and oxygen atoms in total. The molecule has 0 bridgehead atoms. The number of benzene rings is 1. The molecule has 134 valence electrons. The van der Waals surface area contributed by atoms with E-state index in [4.69, 9.17) is 4.74 Å². The number of hydrogen-bond donors (Lipinski definition) is 2. The number of nitrogens with one attached hydrogen (secondary N) is 2. The molecule has 3 aromatic heterocycles. The first-order valence-corrected chi connectivity index (χ1v) is 9.06. The number of rotatable bonds is 6. The summed E-state index contributed by atoms with van der Waals surface area (Å²) in [4.78, 5) is 7.99. The molecular weight excluding hydrogens is 324 g/mol. The van der Waals surface area contributed by atoms with E-state index in [0.29, 0.717) is 0 Å². The van der Waals surface area contributed by atoms with Crippen molar-refractivity contribution < 1.29 is 4.74 Å². The Morgan fingerprint density at radius 1 is 1.19 bits per heavy atom. The average molecular weight is 348 g/mol. The van der Waals surface area contributed by atoms with Crippen LogP contribution in [-0.2, 0) is 7.05 Å². The number of anilines is 1.